The molecular formula is C14H22ClN3O2. The second kappa shape index (κ2) is 6.02. The van der Waals surface area contributed by atoms with Crippen LogP contribution in [0.3, 0.4) is 0 Å². The molecule has 0 amide bonds. The van der Waals surface area contributed by atoms with E-state index in [-0.39, 0.29) is 12.1 Å². The fraction of sp³-hybridized carbons (Fsp3) is 0.786. The molecule has 0 radical (unpaired) electrons. The van der Waals surface area contributed by atoms with Crippen molar-refractivity contribution in [2.75, 3.05) is 19.8 Å². The maximum Gasteiger partial charge on any atom is 0.128 e. The van der Waals surface area contributed by atoms with Gasteiger partial charge in [0.2, 0.25) is 0 Å². The minimum Gasteiger partial charge on any atom is -0.393 e. The Labute approximate surface area is 124 Å². The Balaban J connectivity index is 1.73. The lowest BCUT2D eigenvalue weighted by molar-refractivity contribution is -0.0547. The fourth-order valence-corrected chi connectivity index (χ4v) is 3.56. The number of hydrogen-bond acceptors (Lipinski definition) is 4. The lowest BCUT2D eigenvalue weighted by atomic mass is 9.94. The third-order valence-electron chi connectivity index (χ3n) is 4.68. The van der Waals surface area contributed by atoms with Crippen LogP contribution in [0.4, 0.5) is 0 Å². The summed E-state index contributed by atoms with van der Waals surface area (Å²) < 4.78 is 7.56. The molecule has 0 bridgehead atoms. The van der Waals surface area contributed by atoms with E-state index in [2.05, 4.69) is 9.88 Å². The third kappa shape index (κ3) is 2.72. The number of imidazole rings is 1. The van der Waals surface area contributed by atoms with Crippen molar-refractivity contribution in [1.29, 1.82) is 0 Å². The van der Waals surface area contributed by atoms with Crippen LogP contribution in [0, 0.1) is 5.92 Å². The van der Waals surface area contributed by atoms with Crippen molar-refractivity contribution in [2.45, 2.75) is 38.0 Å². The van der Waals surface area contributed by atoms with E-state index in [1.165, 1.54) is 0 Å². The van der Waals surface area contributed by atoms with Crippen LogP contribution in [0.1, 0.15) is 25.1 Å². The smallest absolute Gasteiger partial charge is 0.128 e. The highest BCUT2D eigenvalue weighted by atomic mass is 35.5. The van der Waals surface area contributed by atoms with E-state index in [1.807, 2.05) is 11.6 Å². The first kappa shape index (κ1) is 14.3. The second-order valence-electron chi connectivity index (χ2n) is 5.83. The van der Waals surface area contributed by atoms with Crippen molar-refractivity contribution in [3.8, 4) is 0 Å². The van der Waals surface area contributed by atoms with Gasteiger partial charge in [-0.3, -0.25) is 4.90 Å². The van der Waals surface area contributed by atoms with Crippen LogP contribution < -0.4 is 0 Å². The molecule has 0 aromatic carbocycles. The zero-order valence-electron chi connectivity index (χ0n) is 11.8. The number of nitrogens with zero attached hydrogens (tertiary/aromatic N) is 3. The average Bonchev–Trinajstić information content (AvgIpc) is 3.00. The molecule has 3 atom stereocenters. The summed E-state index contributed by atoms with van der Waals surface area (Å²) in [6.07, 6.45) is 4.63. The van der Waals surface area contributed by atoms with Gasteiger partial charge >= 0.3 is 0 Å². The highest BCUT2D eigenvalue weighted by Gasteiger charge is 2.37. The van der Waals surface area contributed by atoms with E-state index in [0.29, 0.717) is 17.7 Å². The first-order valence-corrected chi connectivity index (χ1v) is 7.70. The minimum absolute atomic E-state index is 0.186. The van der Waals surface area contributed by atoms with Gasteiger partial charge in [-0.2, -0.15) is 0 Å². The first-order valence-electron chi connectivity index (χ1n) is 7.33. The Bertz CT molecular complexity index is 465. The van der Waals surface area contributed by atoms with Crippen molar-refractivity contribution in [2.24, 2.45) is 13.0 Å². The van der Waals surface area contributed by atoms with Crippen molar-refractivity contribution >= 4 is 11.6 Å². The molecule has 2 heterocycles. The summed E-state index contributed by atoms with van der Waals surface area (Å²) in [7, 11) is 1.94. The number of hydrogen-bond donors (Lipinski definition) is 1. The van der Waals surface area contributed by atoms with Gasteiger partial charge in [-0.05, 0) is 12.8 Å². The number of aliphatic hydroxyl groups excluding tert-OH is 1. The molecule has 2 aliphatic rings. The molecule has 2 fully saturated rings. The lowest BCUT2D eigenvalue weighted by Crippen LogP contribution is -2.50. The van der Waals surface area contributed by atoms with Crippen LogP contribution in [-0.2, 0) is 18.3 Å². The highest BCUT2D eigenvalue weighted by Crippen LogP contribution is 2.32. The molecule has 5 nitrogen and oxygen atoms in total. The largest absolute Gasteiger partial charge is 0.393 e. The number of halogens is 1. The van der Waals surface area contributed by atoms with Gasteiger partial charge in [0.1, 0.15) is 11.0 Å². The molecule has 1 aliphatic heterocycles. The predicted octanol–water partition coefficient (Wildman–Crippen LogP) is 1.44. The standard InChI is InChI=1S/C14H22ClN3O2/c1-17-13(15)7-16-14(17)8-18-5-6-20-9-11(18)10-3-2-4-12(10)19/h7,10-12,19H,2-6,8-9H2,1H3/t10-,11-,12-/m1/s1. The number of aromatic nitrogens is 2. The van der Waals surface area contributed by atoms with Crippen molar-refractivity contribution in [3.63, 3.8) is 0 Å². The summed E-state index contributed by atoms with van der Waals surface area (Å²) in [4.78, 5) is 6.77. The molecule has 112 valence electrons. The highest BCUT2D eigenvalue weighted by molar-refractivity contribution is 6.29. The molecule has 20 heavy (non-hydrogen) atoms. The van der Waals surface area contributed by atoms with Crippen LogP contribution in [0.25, 0.3) is 0 Å². The number of ether oxygens (including phenoxy) is 1. The quantitative estimate of drug-likeness (QED) is 0.917. The van der Waals surface area contributed by atoms with Gasteiger partial charge in [0.15, 0.2) is 0 Å². The molecule has 1 saturated heterocycles. The molecule has 6 heteroatoms. The van der Waals surface area contributed by atoms with Crippen LogP contribution >= 0.6 is 11.6 Å². The number of rotatable bonds is 3. The SMILES string of the molecule is Cn1c(Cl)cnc1CN1CCOC[C@@H]1[C@H]1CCC[C@H]1O. The Morgan fingerprint density at radius 3 is 3.00 bits per heavy atom. The van der Waals surface area contributed by atoms with E-state index >= 15 is 0 Å². The Morgan fingerprint density at radius 1 is 1.50 bits per heavy atom. The molecule has 3 rings (SSSR count). The summed E-state index contributed by atoms with van der Waals surface area (Å²) in [5.74, 6) is 1.29. The van der Waals surface area contributed by atoms with E-state index < -0.39 is 0 Å². The Morgan fingerprint density at radius 2 is 2.35 bits per heavy atom. The normalized spacial score (nSPS) is 31.9. The topological polar surface area (TPSA) is 50.5 Å². The van der Waals surface area contributed by atoms with Crippen LogP contribution in [-0.4, -0.2) is 51.5 Å². The van der Waals surface area contributed by atoms with E-state index in [9.17, 15) is 5.11 Å². The lowest BCUT2D eigenvalue weighted by Gasteiger charge is -2.39. The maximum atomic E-state index is 10.2. The zero-order chi connectivity index (χ0) is 14.1. The maximum absolute atomic E-state index is 10.2. The molecule has 1 N–H and O–H groups in total. The Kier molecular flexibility index (Phi) is 4.31. The van der Waals surface area contributed by atoms with Crippen LogP contribution in [0.5, 0.6) is 0 Å². The van der Waals surface area contributed by atoms with Gasteiger partial charge in [-0.1, -0.05) is 18.0 Å². The summed E-state index contributed by atoms with van der Waals surface area (Å²) in [5, 5.41) is 10.8. The van der Waals surface area contributed by atoms with Gasteiger partial charge in [0.25, 0.3) is 0 Å². The summed E-state index contributed by atoms with van der Waals surface area (Å²) in [6.45, 7) is 3.11. The van der Waals surface area contributed by atoms with E-state index in [1.54, 1.807) is 6.20 Å². The molecular weight excluding hydrogens is 278 g/mol. The minimum atomic E-state index is -0.186. The first-order chi connectivity index (χ1) is 9.66. The monoisotopic (exact) mass is 299 g/mol. The van der Waals surface area contributed by atoms with Crippen LogP contribution in [0.15, 0.2) is 6.20 Å². The van der Waals surface area contributed by atoms with Gasteiger partial charge in [-0.25, -0.2) is 4.98 Å². The predicted molar refractivity (Wildman–Crippen MR) is 76.6 cm³/mol. The van der Waals surface area contributed by atoms with Crippen LogP contribution in [0.2, 0.25) is 5.15 Å². The molecule has 0 spiro atoms. The molecule has 1 aromatic heterocycles. The second-order valence-corrected chi connectivity index (χ2v) is 6.22. The van der Waals surface area contributed by atoms with Crippen molar-refractivity contribution < 1.29 is 9.84 Å². The average molecular weight is 300 g/mol. The third-order valence-corrected chi connectivity index (χ3v) is 5.03. The molecule has 0 unspecified atom stereocenters. The molecule has 1 aliphatic carbocycles. The van der Waals surface area contributed by atoms with Gasteiger partial charge in [0.05, 0.1) is 32.1 Å². The summed E-state index contributed by atoms with van der Waals surface area (Å²) >= 11 is 6.05. The van der Waals surface area contributed by atoms with Crippen molar-refractivity contribution in [1.82, 2.24) is 14.5 Å². The summed E-state index contributed by atoms with van der Waals surface area (Å²) in [5.41, 5.74) is 0. The van der Waals surface area contributed by atoms with Gasteiger partial charge in [0, 0.05) is 25.6 Å². The molecule has 1 saturated carbocycles. The van der Waals surface area contributed by atoms with E-state index in [0.717, 1.165) is 44.8 Å². The van der Waals surface area contributed by atoms with E-state index in [4.69, 9.17) is 16.3 Å². The Hall–Kier alpha value is -0.620. The fourth-order valence-electron chi connectivity index (χ4n) is 3.42. The number of aliphatic hydroxyl groups is 1. The van der Waals surface area contributed by atoms with Crippen molar-refractivity contribution in [3.05, 3.63) is 17.2 Å². The molecule has 1 aromatic rings. The van der Waals surface area contributed by atoms with Gasteiger partial charge in [-0.15, -0.1) is 0 Å². The number of morpholine rings is 1. The summed E-state index contributed by atoms with van der Waals surface area (Å²) in [6, 6.07) is 0.289. The zero-order valence-corrected chi connectivity index (χ0v) is 12.6. The van der Waals surface area contributed by atoms with Gasteiger partial charge < -0.3 is 14.4 Å².